The maximum Gasteiger partial charge on any atom is 0 e. The Morgan fingerprint density at radius 2 is 1.76 bits per heavy atom. The SMILES string of the molecule is C=Cc1cnc(C)cc1[C-]=CC.CC.CC.[Es]. The van der Waals surface area contributed by atoms with Gasteiger partial charge >= 0.3 is 0 Å². The predicted octanol–water partition coefficient (Wildman–Crippen LogP) is 4.81. The quantitative estimate of drug-likeness (QED) is 0.566. The molecule has 0 amide bonds. The molecular weight excluding hydrogens is 446 g/mol. The van der Waals surface area contributed by atoms with E-state index in [1.165, 1.54) is 0 Å². The van der Waals surface area contributed by atoms with Crippen molar-refractivity contribution in [3.8, 4) is 0 Å². The Morgan fingerprint density at radius 3 is 2.18 bits per heavy atom. The number of hydrogen-bond donors (Lipinski definition) is 0. The van der Waals surface area contributed by atoms with E-state index >= 15 is 0 Å². The molecule has 0 aliphatic rings. The molecular formula is C15H24EsN-. The summed E-state index contributed by atoms with van der Waals surface area (Å²) in [6.45, 7) is 15.6. The van der Waals surface area contributed by atoms with Crippen molar-refractivity contribution in [2.24, 2.45) is 0 Å². The summed E-state index contributed by atoms with van der Waals surface area (Å²) in [6.07, 6.45) is 8.63. The van der Waals surface area contributed by atoms with E-state index in [0.717, 1.165) is 16.8 Å². The van der Waals surface area contributed by atoms with Crippen LogP contribution in [-0.2, 0) is 0 Å². The van der Waals surface area contributed by atoms with E-state index in [0.29, 0.717) is 0 Å². The van der Waals surface area contributed by atoms with Crippen LogP contribution in [0.2, 0.25) is 0 Å². The minimum atomic E-state index is 0. The maximum atomic E-state index is 4.17. The van der Waals surface area contributed by atoms with Crippen LogP contribution in [0.1, 0.15) is 51.4 Å². The summed E-state index contributed by atoms with van der Waals surface area (Å²) in [7, 11) is 0. The van der Waals surface area contributed by atoms with E-state index in [-0.39, 0.29) is 0 Å². The molecule has 0 unspecified atom stereocenters. The summed E-state index contributed by atoms with van der Waals surface area (Å²) in [5.41, 5.74) is 3.09. The molecule has 1 radical (unpaired) electrons. The fourth-order valence-corrected chi connectivity index (χ4v) is 1.01. The second-order valence-electron chi connectivity index (χ2n) is 2.55. The van der Waals surface area contributed by atoms with Crippen molar-refractivity contribution in [1.82, 2.24) is 4.98 Å². The number of hydrogen-bond acceptors (Lipinski definition) is 1. The van der Waals surface area contributed by atoms with Gasteiger partial charge in [-0.2, -0.15) is 11.6 Å². The number of nitrogens with zero attached hydrogens (tertiary/aromatic N) is 1. The molecule has 2 heteroatoms. The van der Waals surface area contributed by atoms with E-state index in [1.54, 1.807) is 6.08 Å². The Hall–Kier alpha value is -2.37. The molecule has 1 aromatic rings. The molecule has 0 aliphatic heterocycles. The van der Waals surface area contributed by atoms with Crippen LogP contribution in [0.5, 0.6) is 0 Å². The molecule has 0 spiro atoms. The van der Waals surface area contributed by atoms with Crippen LogP contribution in [0.15, 0.2) is 24.9 Å². The third-order valence-electron chi connectivity index (χ3n) is 1.59. The van der Waals surface area contributed by atoms with Crippen LogP contribution >= 0.6 is 0 Å². The molecule has 1 rings (SSSR count). The van der Waals surface area contributed by atoms with Gasteiger partial charge in [-0.3, -0.25) is 4.98 Å². The standard InChI is InChI=1S/C11H12N.2C2H6.Es/c1-4-6-11-7-9(3)12-8-10(11)5-2;2*1-2;/h4-5,7-8H,2H2,1,3H3;2*1-2H3;/q-1;;;. The van der Waals surface area contributed by atoms with Crippen molar-refractivity contribution in [3.63, 3.8) is 0 Å². The average Bonchev–Trinajstić information content (AvgIpc) is 2.35. The number of allylic oxidation sites excluding steroid dienone is 1. The maximum absolute atomic E-state index is 4.17. The van der Waals surface area contributed by atoms with Crippen LogP contribution < -0.4 is 0 Å². The zero-order valence-electron chi connectivity index (χ0n) is 11.8. The van der Waals surface area contributed by atoms with Crippen molar-refractivity contribution >= 4 is 6.08 Å². The average molecular weight is 470 g/mol. The fourth-order valence-electron chi connectivity index (χ4n) is 1.01. The molecule has 0 saturated heterocycles. The summed E-state index contributed by atoms with van der Waals surface area (Å²) in [4.78, 5) is 4.17. The normalized spacial score (nSPS) is 8.12. The van der Waals surface area contributed by atoms with Gasteiger partial charge in [-0.1, -0.05) is 34.6 Å². The molecule has 101 valence electrons. The second-order valence-corrected chi connectivity index (χ2v) is 2.55. The third kappa shape index (κ3) is 7.55. The van der Waals surface area contributed by atoms with Crippen LogP contribution in [0.4, 0.5) is 0 Å². The Balaban J connectivity index is -0.000000355. The van der Waals surface area contributed by atoms with Gasteiger partial charge in [-0.05, 0) is 18.8 Å². The van der Waals surface area contributed by atoms with Gasteiger partial charge in [0, 0.05) is 0 Å². The predicted molar refractivity (Wildman–Crippen MR) is 74.4 cm³/mol. The molecule has 0 bridgehead atoms. The number of aromatic nitrogens is 1. The zero-order valence-corrected chi connectivity index (χ0v) is 14.3. The van der Waals surface area contributed by atoms with Crippen molar-refractivity contribution < 1.29 is 0 Å². The Kier molecular flexibility index (Phi) is 16.1. The summed E-state index contributed by atoms with van der Waals surface area (Å²) in [5, 5.41) is 0. The first-order valence-corrected chi connectivity index (χ1v) is 5.91. The minimum absolute atomic E-state index is 0. The molecule has 0 N–H and O–H groups in total. The van der Waals surface area contributed by atoms with Gasteiger partial charge in [0.1, 0.15) is 0 Å². The van der Waals surface area contributed by atoms with Gasteiger partial charge in [-0.25, -0.2) is 0 Å². The van der Waals surface area contributed by atoms with Gasteiger partial charge < -0.3 is 0 Å². The summed E-state index contributed by atoms with van der Waals surface area (Å²) < 4.78 is 0. The smallest absolute Gasteiger partial charge is 0 e. The van der Waals surface area contributed by atoms with Gasteiger partial charge in [0.25, 0.3) is 0 Å². The van der Waals surface area contributed by atoms with Gasteiger partial charge in [0.05, 0.1) is 0 Å². The molecule has 0 aromatic carbocycles. The van der Waals surface area contributed by atoms with E-state index in [2.05, 4.69) is 17.6 Å². The Labute approximate surface area is 101 Å². The van der Waals surface area contributed by atoms with E-state index < -0.39 is 0 Å². The Morgan fingerprint density at radius 1 is 1.24 bits per heavy atom. The molecule has 0 fully saturated rings. The molecule has 17 heavy (non-hydrogen) atoms. The molecule has 0 aliphatic carbocycles. The van der Waals surface area contributed by atoms with E-state index in [4.69, 9.17) is 0 Å². The number of rotatable bonds is 2. The van der Waals surface area contributed by atoms with Gasteiger partial charge in [0.15, 0.2) is 0 Å². The second kappa shape index (κ2) is 13.6. The van der Waals surface area contributed by atoms with Crippen LogP contribution in [-0.4, -0.2) is 4.98 Å². The van der Waals surface area contributed by atoms with Crippen molar-refractivity contribution in [3.05, 3.63) is 47.8 Å². The van der Waals surface area contributed by atoms with Crippen molar-refractivity contribution in [2.45, 2.75) is 41.5 Å². The number of pyridine rings is 1. The van der Waals surface area contributed by atoms with E-state index in [1.807, 2.05) is 59.9 Å². The third-order valence-corrected chi connectivity index (χ3v) is 1.59. The summed E-state index contributed by atoms with van der Waals surface area (Å²) in [5.74, 6) is 0. The van der Waals surface area contributed by atoms with Gasteiger partial charge in [0.2, 0.25) is 0 Å². The topological polar surface area (TPSA) is 12.9 Å². The van der Waals surface area contributed by atoms with Crippen LogP contribution in [0, 0.1) is 13.0 Å². The van der Waals surface area contributed by atoms with Crippen molar-refractivity contribution in [2.75, 3.05) is 0 Å². The van der Waals surface area contributed by atoms with Gasteiger partial charge in [-0.15, -0.1) is 30.4 Å². The minimum Gasteiger partial charge on any atom is -0.287 e. The first-order chi connectivity index (χ1) is 7.77. The molecule has 0 atom stereocenters. The Bertz CT molecular complexity index is 317. The summed E-state index contributed by atoms with van der Waals surface area (Å²) >= 11 is 0. The zero-order chi connectivity index (χ0) is 13.0. The van der Waals surface area contributed by atoms with Crippen LogP contribution in [0.3, 0.4) is 0 Å². The number of aryl methyl sites for hydroxylation is 1. The molecule has 1 heterocycles. The monoisotopic (exact) mass is 470 g/mol. The molecule has 1 aromatic heterocycles. The molecule has 0 saturated carbocycles. The fraction of sp³-hybridized carbons (Fsp3) is 0.400. The summed E-state index contributed by atoms with van der Waals surface area (Å²) in [6, 6.07) is 2.00. The van der Waals surface area contributed by atoms with Crippen molar-refractivity contribution in [1.29, 1.82) is 0 Å². The largest absolute Gasteiger partial charge is 0.287 e. The first-order valence-electron chi connectivity index (χ1n) is 5.91. The first kappa shape index (κ1) is 20.1. The van der Waals surface area contributed by atoms with Crippen LogP contribution in [0.25, 0.3) is 6.08 Å². The molecule has 1 nitrogen and oxygen atoms in total. The van der Waals surface area contributed by atoms with E-state index in [9.17, 15) is 0 Å².